The molecule has 1 aromatic carbocycles. The van der Waals surface area contributed by atoms with Gasteiger partial charge in [0.05, 0.1) is 34.7 Å². The number of hydrogen-bond donors (Lipinski definition) is 2. The average molecular weight is 335 g/mol. The predicted molar refractivity (Wildman–Crippen MR) is 93.1 cm³/mol. The predicted octanol–water partition coefficient (Wildman–Crippen LogP) is 1.22. The molecule has 1 saturated heterocycles. The van der Waals surface area contributed by atoms with E-state index in [1.165, 1.54) is 0 Å². The first kappa shape index (κ1) is 14.4. The lowest BCUT2D eigenvalue weighted by Gasteiger charge is -2.23. The maximum Gasteiger partial charge on any atom is 0.251 e. The van der Waals surface area contributed by atoms with E-state index < -0.39 is 0 Å². The molecule has 8 nitrogen and oxygen atoms in total. The summed E-state index contributed by atoms with van der Waals surface area (Å²) in [7, 11) is 0. The van der Waals surface area contributed by atoms with Crippen molar-refractivity contribution in [2.24, 2.45) is 0 Å². The number of piperidine rings is 1. The third-order valence-corrected chi connectivity index (χ3v) is 4.87. The van der Waals surface area contributed by atoms with Crippen molar-refractivity contribution in [1.29, 1.82) is 0 Å². The number of nitrogens with one attached hydrogen (secondary N) is 2. The molecular weight excluding hydrogens is 318 g/mol. The summed E-state index contributed by atoms with van der Waals surface area (Å²) in [6.07, 6.45) is 5.43. The number of hydrogen-bond acceptors (Lipinski definition) is 5. The van der Waals surface area contributed by atoms with Crippen LogP contribution in [0.4, 0.5) is 0 Å². The van der Waals surface area contributed by atoms with Crippen molar-refractivity contribution in [3.63, 3.8) is 0 Å². The maximum atomic E-state index is 12.3. The van der Waals surface area contributed by atoms with Crippen molar-refractivity contribution in [1.82, 2.24) is 34.9 Å². The highest BCUT2D eigenvalue weighted by atomic mass is 16.1. The van der Waals surface area contributed by atoms with E-state index in [1.807, 2.05) is 22.7 Å². The molecule has 5 rings (SSSR count). The van der Waals surface area contributed by atoms with E-state index in [0.29, 0.717) is 11.6 Å². The fourth-order valence-electron chi connectivity index (χ4n) is 3.70. The van der Waals surface area contributed by atoms with Crippen LogP contribution in [0.5, 0.6) is 0 Å². The van der Waals surface area contributed by atoms with Crippen molar-refractivity contribution in [2.75, 3.05) is 13.1 Å². The van der Waals surface area contributed by atoms with Gasteiger partial charge in [-0.3, -0.25) is 4.79 Å². The monoisotopic (exact) mass is 335 g/mol. The van der Waals surface area contributed by atoms with Gasteiger partial charge in [-0.25, -0.2) is 9.20 Å². The SMILES string of the molecule is O=c1cc(C2CCNCC2)n2nc3cccc(-n4ccnn4)c3c2[nH]1. The summed E-state index contributed by atoms with van der Waals surface area (Å²) in [6.45, 7) is 1.92. The van der Waals surface area contributed by atoms with E-state index in [9.17, 15) is 4.79 Å². The fourth-order valence-corrected chi connectivity index (χ4v) is 3.70. The van der Waals surface area contributed by atoms with Gasteiger partial charge in [0.1, 0.15) is 5.65 Å². The second-order valence-electron chi connectivity index (χ2n) is 6.36. The van der Waals surface area contributed by atoms with E-state index in [4.69, 9.17) is 5.10 Å². The summed E-state index contributed by atoms with van der Waals surface area (Å²) in [4.78, 5) is 15.3. The highest BCUT2D eigenvalue weighted by Crippen LogP contribution is 2.29. The lowest BCUT2D eigenvalue weighted by Crippen LogP contribution is -2.28. The highest BCUT2D eigenvalue weighted by molar-refractivity contribution is 5.98. The molecule has 0 amide bonds. The minimum Gasteiger partial charge on any atom is -0.317 e. The zero-order valence-corrected chi connectivity index (χ0v) is 13.5. The first-order valence-electron chi connectivity index (χ1n) is 8.43. The number of aromatic amines is 1. The molecule has 126 valence electrons. The van der Waals surface area contributed by atoms with Gasteiger partial charge >= 0.3 is 0 Å². The first-order chi connectivity index (χ1) is 12.3. The Morgan fingerprint density at radius 1 is 1.20 bits per heavy atom. The lowest BCUT2D eigenvalue weighted by atomic mass is 9.94. The summed E-state index contributed by atoms with van der Waals surface area (Å²) in [6, 6.07) is 7.53. The van der Waals surface area contributed by atoms with E-state index in [0.717, 1.165) is 48.2 Å². The maximum absolute atomic E-state index is 12.3. The Morgan fingerprint density at radius 3 is 2.88 bits per heavy atom. The van der Waals surface area contributed by atoms with Crippen LogP contribution in [0.1, 0.15) is 24.5 Å². The third kappa shape index (κ3) is 2.25. The molecule has 1 aliphatic rings. The topological polar surface area (TPSA) is 92.9 Å². The van der Waals surface area contributed by atoms with E-state index >= 15 is 0 Å². The Bertz CT molecular complexity index is 1100. The van der Waals surface area contributed by atoms with Crippen LogP contribution >= 0.6 is 0 Å². The Kier molecular flexibility index (Phi) is 3.17. The van der Waals surface area contributed by atoms with Crippen LogP contribution in [0.3, 0.4) is 0 Å². The Balaban J connectivity index is 1.83. The Labute approximate surface area is 142 Å². The molecule has 3 aromatic heterocycles. The number of aromatic nitrogens is 6. The lowest BCUT2D eigenvalue weighted by molar-refractivity contribution is 0.446. The first-order valence-corrected chi connectivity index (χ1v) is 8.43. The molecule has 0 bridgehead atoms. The molecule has 0 atom stereocenters. The molecule has 2 N–H and O–H groups in total. The van der Waals surface area contributed by atoms with Gasteiger partial charge in [0.25, 0.3) is 5.56 Å². The van der Waals surface area contributed by atoms with Crippen LogP contribution < -0.4 is 10.9 Å². The molecule has 25 heavy (non-hydrogen) atoms. The van der Waals surface area contributed by atoms with Gasteiger partial charge in [-0.1, -0.05) is 11.3 Å². The third-order valence-electron chi connectivity index (χ3n) is 4.87. The molecule has 8 heteroatoms. The molecule has 4 heterocycles. The molecule has 0 radical (unpaired) electrons. The molecule has 1 aliphatic heterocycles. The zero-order valence-electron chi connectivity index (χ0n) is 13.5. The Hall–Kier alpha value is -3.00. The second-order valence-corrected chi connectivity index (χ2v) is 6.36. The summed E-state index contributed by atoms with van der Waals surface area (Å²) < 4.78 is 3.59. The zero-order chi connectivity index (χ0) is 16.8. The van der Waals surface area contributed by atoms with Crippen LogP contribution in [-0.4, -0.2) is 42.7 Å². The van der Waals surface area contributed by atoms with Gasteiger partial charge in [-0.15, -0.1) is 5.10 Å². The number of H-pyrrole nitrogens is 1. The number of benzene rings is 1. The second kappa shape index (κ2) is 5.52. The highest BCUT2D eigenvalue weighted by Gasteiger charge is 2.21. The number of fused-ring (bicyclic) bond motifs is 3. The Morgan fingerprint density at radius 2 is 2.08 bits per heavy atom. The van der Waals surface area contributed by atoms with Gasteiger partial charge < -0.3 is 10.3 Å². The van der Waals surface area contributed by atoms with Crippen LogP contribution in [0.15, 0.2) is 41.5 Å². The molecule has 0 spiro atoms. The van der Waals surface area contributed by atoms with Crippen LogP contribution in [0.25, 0.3) is 22.2 Å². The summed E-state index contributed by atoms with van der Waals surface area (Å²) >= 11 is 0. The fraction of sp³-hybridized carbons (Fsp3) is 0.294. The quantitative estimate of drug-likeness (QED) is 0.575. The summed E-state index contributed by atoms with van der Waals surface area (Å²) in [5.41, 5.74) is 3.26. The molecule has 4 aromatic rings. The summed E-state index contributed by atoms with van der Waals surface area (Å²) in [5, 5.41) is 17.0. The minimum atomic E-state index is -0.101. The van der Waals surface area contributed by atoms with Gasteiger partial charge in [-0.2, -0.15) is 5.10 Å². The smallest absolute Gasteiger partial charge is 0.251 e. The standard InChI is InChI=1S/C17H17N7O/c25-15-10-14(11-4-6-18-7-5-11)24-17(20-15)16-12(21-24)2-1-3-13(16)23-9-8-19-22-23/h1-3,8-11,18H,4-7H2,(H,20,25). The molecule has 0 unspecified atom stereocenters. The molecule has 1 fully saturated rings. The molecule has 0 saturated carbocycles. The molecule has 0 aliphatic carbocycles. The van der Waals surface area contributed by atoms with E-state index in [1.54, 1.807) is 23.1 Å². The van der Waals surface area contributed by atoms with Crippen molar-refractivity contribution in [2.45, 2.75) is 18.8 Å². The van der Waals surface area contributed by atoms with Gasteiger partial charge in [-0.05, 0) is 38.1 Å². The van der Waals surface area contributed by atoms with E-state index in [2.05, 4.69) is 20.6 Å². The van der Waals surface area contributed by atoms with Crippen molar-refractivity contribution >= 4 is 16.6 Å². The van der Waals surface area contributed by atoms with Crippen LogP contribution in [0.2, 0.25) is 0 Å². The normalized spacial score (nSPS) is 16.0. The number of rotatable bonds is 2. The largest absolute Gasteiger partial charge is 0.317 e. The van der Waals surface area contributed by atoms with Gasteiger partial charge in [0, 0.05) is 12.0 Å². The minimum absolute atomic E-state index is 0.101. The van der Waals surface area contributed by atoms with Crippen LogP contribution in [0, 0.1) is 0 Å². The van der Waals surface area contributed by atoms with Gasteiger partial charge in [0.15, 0.2) is 0 Å². The van der Waals surface area contributed by atoms with Crippen molar-refractivity contribution < 1.29 is 0 Å². The van der Waals surface area contributed by atoms with Crippen molar-refractivity contribution in [3.05, 3.63) is 52.7 Å². The molecular formula is C17H17N7O. The van der Waals surface area contributed by atoms with E-state index in [-0.39, 0.29) is 5.56 Å². The summed E-state index contributed by atoms with van der Waals surface area (Å²) in [5.74, 6) is 0.329. The van der Waals surface area contributed by atoms with Crippen molar-refractivity contribution in [3.8, 4) is 5.69 Å². The van der Waals surface area contributed by atoms with Gasteiger partial charge in [0.2, 0.25) is 0 Å². The van der Waals surface area contributed by atoms with Crippen LogP contribution in [-0.2, 0) is 0 Å². The average Bonchev–Trinajstić information content (AvgIpc) is 3.29. The number of nitrogens with zero attached hydrogens (tertiary/aromatic N) is 5.